The van der Waals surface area contributed by atoms with E-state index in [1.165, 1.54) is 23.1 Å². The lowest BCUT2D eigenvalue weighted by Gasteiger charge is -2.14. The molecular weight excluding hydrogens is 440 g/mol. The van der Waals surface area contributed by atoms with E-state index < -0.39 is 0 Å². The van der Waals surface area contributed by atoms with Gasteiger partial charge < -0.3 is 15.4 Å². The van der Waals surface area contributed by atoms with Crippen LogP contribution in [0.5, 0.6) is 5.75 Å². The Morgan fingerprint density at radius 2 is 1.78 bits per heavy atom. The molecule has 0 fully saturated rings. The summed E-state index contributed by atoms with van der Waals surface area (Å²) in [5.74, 6) is 0.672. The maximum absolute atomic E-state index is 12.9. The average molecular weight is 463 g/mol. The molecule has 32 heavy (non-hydrogen) atoms. The van der Waals surface area contributed by atoms with E-state index in [-0.39, 0.29) is 11.2 Å². The van der Waals surface area contributed by atoms with Crippen LogP contribution >= 0.6 is 23.1 Å². The second-order valence-corrected chi connectivity index (χ2v) is 9.46. The van der Waals surface area contributed by atoms with Gasteiger partial charge in [-0.25, -0.2) is 0 Å². The van der Waals surface area contributed by atoms with Crippen molar-refractivity contribution in [2.75, 3.05) is 17.7 Å². The minimum atomic E-state index is -0.337. The third-order valence-corrected chi connectivity index (χ3v) is 6.67. The molecule has 0 saturated carbocycles. The SMILES string of the molecule is COc1cccc(Nc2nnc(SC(C)C(=O)Nc3ccccc3-c3ccccc3)s2)c1. The van der Waals surface area contributed by atoms with E-state index >= 15 is 0 Å². The zero-order chi connectivity index (χ0) is 22.3. The van der Waals surface area contributed by atoms with Gasteiger partial charge in [-0.3, -0.25) is 4.79 Å². The van der Waals surface area contributed by atoms with E-state index in [0.717, 1.165) is 32.6 Å². The molecule has 4 aromatic rings. The number of para-hydroxylation sites is 1. The molecule has 3 aromatic carbocycles. The number of methoxy groups -OCH3 is 1. The molecule has 6 nitrogen and oxygen atoms in total. The molecule has 0 saturated heterocycles. The molecule has 162 valence electrons. The van der Waals surface area contributed by atoms with Crippen LogP contribution in [0.15, 0.2) is 83.2 Å². The van der Waals surface area contributed by atoms with Gasteiger partial charge in [0.2, 0.25) is 11.0 Å². The number of amides is 1. The molecule has 1 aromatic heterocycles. The Kier molecular flexibility index (Phi) is 7.03. The Morgan fingerprint density at radius 1 is 1.00 bits per heavy atom. The van der Waals surface area contributed by atoms with E-state index in [1.54, 1.807) is 7.11 Å². The quantitative estimate of drug-likeness (QED) is 0.309. The number of rotatable bonds is 8. The molecule has 0 bridgehead atoms. The number of benzene rings is 3. The van der Waals surface area contributed by atoms with Gasteiger partial charge in [0.15, 0.2) is 4.34 Å². The predicted molar refractivity (Wildman–Crippen MR) is 132 cm³/mol. The Balaban J connectivity index is 1.40. The van der Waals surface area contributed by atoms with Gasteiger partial charge in [0.25, 0.3) is 0 Å². The van der Waals surface area contributed by atoms with Gasteiger partial charge in [-0.2, -0.15) is 0 Å². The fraction of sp³-hybridized carbons (Fsp3) is 0.125. The highest BCUT2D eigenvalue weighted by molar-refractivity contribution is 8.02. The highest BCUT2D eigenvalue weighted by atomic mass is 32.2. The molecular formula is C24H22N4O2S2. The number of aromatic nitrogens is 2. The number of nitrogens with one attached hydrogen (secondary N) is 2. The molecule has 0 aliphatic rings. The van der Waals surface area contributed by atoms with Crippen LogP contribution in [0.3, 0.4) is 0 Å². The minimum absolute atomic E-state index is 0.0871. The van der Waals surface area contributed by atoms with Crippen molar-refractivity contribution in [2.45, 2.75) is 16.5 Å². The van der Waals surface area contributed by atoms with Crippen LogP contribution in [-0.2, 0) is 4.79 Å². The van der Waals surface area contributed by atoms with Crippen molar-refractivity contribution in [1.82, 2.24) is 10.2 Å². The van der Waals surface area contributed by atoms with Crippen molar-refractivity contribution in [1.29, 1.82) is 0 Å². The fourth-order valence-corrected chi connectivity index (χ4v) is 4.95. The molecule has 0 aliphatic heterocycles. The van der Waals surface area contributed by atoms with Gasteiger partial charge in [0.05, 0.1) is 12.4 Å². The van der Waals surface area contributed by atoms with Crippen molar-refractivity contribution in [3.63, 3.8) is 0 Å². The number of thioether (sulfide) groups is 1. The molecule has 1 amide bonds. The number of hydrogen-bond donors (Lipinski definition) is 2. The van der Waals surface area contributed by atoms with E-state index in [4.69, 9.17) is 4.74 Å². The number of carbonyl (C=O) groups excluding carboxylic acids is 1. The van der Waals surface area contributed by atoms with Crippen LogP contribution in [0, 0.1) is 0 Å². The van der Waals surface area contributed by atoms with Crippen LogP contribution in [0.1, 0.15) is 6.92 Å². The largest absolute Gasteiger partial charge is 0.497 e. The summed E-state index contributed by atoms with van der Waals surface area (Å²) in [6.45, 7) is 1.86. The highest BCUT2D eigenvalue weighted by Crippen LogP contribution is 2.32. The number of anilines is 3. The molecule has 0 spiro atoms. The van der Waals surface area contributed by atoms with Gasteiger partial charge in [-0.05, 0) is 30.7 Å². The first-order valence-corrected chi connectivity index (χ1v) is 11.7. The van der Waals surface area contributed by atoms with Crippen LogP contribution in [0.4, 0.5) is 16.5 Å². The standard InChI is InChI=1S/C24H22N4O2S2/c1-16(22(29)26-21-14-7-6-13-20(21)17-9-4-3-5-10-17)31-24-28-27-23(32-24)25-18-11-8-12-19(15-18)30-2/h3-16H,1-2H3,(H,25,27)(H,26,29). The third kappa shape index (κ3) is 5.46. The Hall–Kier alpha value is -3.36. The summed E-state index contributed by atoms with van der Waals surface area (Å²) in [4.78, 5) is 12.9. The molecule has 4 rings (SSSR count). The fourth-order valence-electron chi connectivity index (χ4n) is 3.03. The Bertz CT molecular complexity index is 1200. The topological polar surface area (TPSA) is 76.1 Å². The molecule has 0 aliphatic carbocycles. The first-order valence-electron chi connectivity index (χ1n) is 9.99. The van der Waals surface area contributed by atoms with Gasteiger partial charge in [-0.1, -0.05) is 77.7 Å². The van der Waals surface area contributed by atoms with E-state index in [0.29, 0.717) is 5.13 Å². The van der Waals surface area contributed by atoms with E-state index in [9.17, 15) is 4.79 Å². The third-order valence-electron chi connectivity index (χ3n) is 4.64. The maximum Gasteiger partial charge on any atom is 0.237 e. The zero-order valence-electron chi connectivity index (χ0n) is 17.6. The lowest BCUT2D eigenvalue weighted by atomic mass is 10.0. The van der Waals surface area contributed by atoms with E-state index in [2.05, 4.69) is 20.8 Å². The predicted octanol–water partition coefficient (Wildman–Crippen LogP) is 6.08. The van der Waals surface area contributed by atoms with Crippen LogP contribution in [-0.4, -0.2) is 28.5 Å². The van der Waals surface area contributed by atoms with Gasteiger partial charge in [0, 0.05) is 23.0 Å². The van der Waals surface area contributed by atoms with Crippen LogP contribution < -0.4 is 15.4 Å². The number of nitrogens with zero attached hydrogens (tertiary/aromatic N) is 2. The van der Waals surface area contributed by atoms with E-state index in [1.807, 2.05) is 85.8 Å². The molecule has 1 heterocycles. The first kappa shape index (κ1) is 21.9. The summed E-state index contributed by atoms with van der Waals surface area (Å²) < 4.78 is 5.96. The molecule has 0 radical (unpaired) electrons. The first-order chi connectivity index (χ1) is 15.6. The van der Waals surface area contributed by atoms with Crippen molar-refractivity contribution in [3.05, 3.63) is 78.9 Å². The second kappa shape index (κ2) is 10.3. The average Bonchev–Trinajstić information content (AvgIpc) is 3.26. The van der Waals surface area contributed by atoms with Crippen LogP contribution in [0.2, 0.25) is 0 Å². The second-order valence-electron chi connectivity index (χ2n) is 6.89. The monoisotopic (exact) mass is 462 g/mol. The Morgan fingerprint density at radius 3 is 2.59 bits per heavy atom. The lowest BCUT2D eigenvalue weighted by Crippen LogP contribution is -2.22. The highest BCUT2D eigenvalue weighted by Gasteiger charge is 2.19. The molecule has 2 N–H and O–H groups in total. The van der Waals surface area contributed by atoms with Crippen molar-refractivity contribution in [3.8, 4) is 16.9 Å². The van der Waals surface area contributed by atoms with Crippen LogP contribution in [0.25, 0.3) is 11.1 Å². The number of carbonyl (C=O) groups is 1. The van der Waals surface area contributed by atoms with Crippen molar-refractivity contribution < 1.29 is 9.53 Å². The summed E-state index contributed by atoms with van der Waals surface area (Å²) in [6.07, 6.45) is 0. The summed E-state index contributed by atoms with van der Waals surface area (Å²) in [5, 5.41) is 15.0. The van der Waals surface area contributed by atoms with Gasteiger partial charge >= 0.3 is 0 Å². The summed E-state index contributed by atoms with van der Waals surface area (Å²) >= 11 is 2.78. The Labute approximate surface area is 195 Å². The van der Waals surface area contributed by atoms with Crippen molar-refractivity contribution in [2.24, 2.45) is 0 Å². The summed E-state index contributed by atoms with van der Waals surface area (Å²) in [5.41, 5.74) is 3.69. The smallest absolute Gasteiger partial charge is 0.237 e. The summed E-state index contributed by atoms with van der Waals surface area (Å²) in [6, 6.07) is 25.4. The van der Waals surface area contributed by atoms with Crippen molar-refractivity contribution >= 4 is 45.5 Å². The van der Waals surface area contributed by atoms with Gasteiger partial charge in [0.1, 0.15) is 5.75 Å². The number of hydrogen-bond acceptors (Lipinski definition) is 7. The normalized spacial score (nSPS) is 11.6. The molecule has 1 unspecified atom stereocenters. The zero-order valence-corrected chi connectivity index (χ0v) is 19.2. The molecule has 8 heteroatoms. The van der Waals surface area contributed by atoms with Gasteiger partial charge in [-0.15, -0.1) is 10.2 Å². The maximum atomic E-state index is 12.9. The minimum Gasteiger partial charge on any atom is -0.497 e. The molecule has 1 atom stereocenters. The number of ether oxygens (including phenoxy) is 1. The lowest BCUT2D eigenvalue weighted by molar-refractivity contribution is -0.115. The summed E-state index contributed by atoms with van der Waals surface area (Å²) in [7, 11) is 1.63.